The zero-order valence-corrected chi connectivity index (χ0v) is 16.1. The lowest BCUT2D eigenvalue weighted by molar-refractivity contribution is -0.144. The highest BCUT2D eigenvalue weighted by Gasteiger charge is 2.25. The van der Waals surface area contributed by atoms with E-state index < -0.39 is 54.8 Å². The van der Waals surface area contributed by atoms with Gasteiger partial charge in [0, 0.05) is 7.05 Å². The summed E-state index contributed by atoms with van der Waals surface area (Å²) in [7, 11) is 1.30. The molecule has 1 rings (SSSR count). The van der Waals surface area contributed by atoms with Crippen molar-refractivity contribution >= 4 is 29.8 Å². The topological polar surface area (TPSA) is 168 Å². The van der Waals surface area contributed by atoms with Crippen molar-refractivity contribution < 1.29 is 33.8 Å². The zero-order chi connectivity index (χ0) is 22.0. The monoisotopic (exact) mass is 408 g/mol. The summed E-state index contributed by atoms with van der Waals surface area (Å²) in [6.07, 6.45) is -1.39. The Hall–Kier alpha value is -3.63. The Morgan fingerprint density at radius 1 is 1.14 bits per heavy atom. The van der Waals surface area contributed by atoms with E-state index in [4.69, 9.17) is 15.6 Å². The maximum absolute atomic E-state index is 12.3. The summed E-state index contributed by atoms with van der Waals surface area (Å²) in [6.45, 7) is 0.961. The van der Waals surface area contributed by atoms with Gasteiger partial charge in [-0.3, -0.25) is 14.4 Å². The molecule has 5 N–H and O–H groups in total. The van der Waals surface area contributed by atoms with Crippen LogP contribution in [0.4, 0.5) is 4.79 Å². The smallest absolute Gasteiger partial charge is 0.408 e. The highest BCUT2D eigenvalue weighted by atomic mass is 16.5. The summed E-state index contributed by atoms with van der Waals surface area (Å²) in [5.41, 5.74) is 5.71. The maximum atomic E-state index is 12.3. The Morgan fingerprint density at radius 3 is 2.31 bits per heavy atom. The quantitative estimate of drug-likeness (QED) is 0.393. The van der Waals surface area contributed by atoms with Crippen molar-refractivity contribution in [3.05, 3.63) is 35.9 Å². The number of amides is 4. The second-order valence-electron chi connectivity index (χ2n) is 6.25. The normalized spacial score (nSPS) is 12.2. The first-order valence-electron chi connectivity index (χ1n) is 8.62. The molecule has 2 atom stereocenters. The first kappa shape index (κ1) is 23.4. The van der Waals surface area contributed by atoms with E-state index in [1.54, 1.807) is 24.3 Å². The van der Waals surface area contributed by atoms with E-state index in [-0.39, 0.29) is 6.61 Å². The largest absolute Gasteiger partial charge is 0.480 e. The molecule has 0 spiro atoms. The van der Waals surface area contributed by atoms with E-state index in [9.17, 15) is 24.0 Å². The van der Waals surface area contributed by atoms with Gasteiger partial charge in [-0.25, -0.2) is 9.59 Å². The minimum Gasteiger partial charge on any atom is -0.480 e. The van der Waals surface area contributed by atoms with E-state index >= 15 is 0 Å². The fraction of sp³-hybridized carbons (Fsp3) is 0.389. The van der Waals surface area contributed by atoms with Crippen LogP contribution >= 0.6 is 0 Å². The number of ether oxygens (including phenoxy) is 1. The number of alkyl carbamates (subject to hydrolysis) is 1. The van der Waals surface area contributed by atoms with Crippen LogP contribution in [0.15, 0.2) is 30.3 Å². The molecule has 0 radical (unpaired) electrons. The van der Waals surface area contributed by atoms with E-state index in [1.807, 2.05) is 6.07 Å². The molecule has 11 nitrogen and oxygen atoms in total. The molecule has 0 bridgehead atoms. The lowest BCUT2D eigenvalue weighted by atomic mass is 10.2. The molecule has 0 saturated carbocycles. The van der Waals surface area contributed by atoms with Crippen molar-refractivity contribution in [2.75, 3.05) is 13.6 Å². The number of carboxylic acid groups (broad SMARTS) is 1. The predicted octanol–water partition coefficient (Wildman–Crippen LogP) is -0.795. The van der Waals surface area contributed by atoms with Gasteiger partial charge in [-0.1, -0.05) is 30.3 Å². The number of aliphatic carboxylic acids is 1. The highest BCUT2D eigenvalue weighted by Crippen LogP contribution is 2.01. The maximum Gasteiger partial charge on any atom is 0.408 e. The summed E-state index contributed by atoms with van der Waals surface area (Å²) in [5.74, 6) is -3.72. The predicted molar refractivity (Wildman–Crippen MR) is 100 cm³/mol. The molecule has 0 saturated heterocycles. The summed E-state index contributed by atoms with van der Waals surface area (Å²) < 4.78 is 5.02. The molecule has 158 valence electrons. The number of carbonyl (C=O) groups excluding carboxylic acids is 4. The number of nitrogens with two attached hydrogens (primary N) is 1. The van der Waals surface area contributed by atoms with Crippen LogP contribution in [0.2, 0.25) is 0 Å². The summed E-state index contributed by atoms with van der Waals surface area (Å²) in [6, 6.07) is 6.47. The third-order valence-corrected chi connectivity index (χ3v) is 3.71. The van der Waals surface area contributed by atoms with Gasteiger partial charge >= 0.3 is 12.1 Å². The van der Waals surface area contributed by atoms with Gasteiger partial charge in [-0.15, -0.1) is 0 Å². The zero-order valence-electron chi connectivity index (χ0n) is 16.1. The van der Waals surface area contributed by atoms with Gasteiger partial charge in [-0.05, 0) is 12.5 Å². The van der Waals surface area contributed by atoms with Crippen molar-refractivity contribution in [1.82, 2.24) is 15.5 Å². The van der Waals surface area contributed by atoms with Gasteiger partial charge in [0.1, 0.15) is 18.7 Å². The number of hydrogen-bond donors (Lipinski definition) is 4. The van der Waals surface area contributed by atoms with Crippen molar-refractivity contribution in [3.63, 3.8) is 0 Å². The van der Waals surface area contributed by atoms with Gasteiger partial charge in [0.25, 0.3) is 0 Å². The van der Waals surface area contributed by atoms with Crippen LogP contribution in [-0.4, -0.2) is 65.5 Å². The minimum atomic E-state index is -1.49. The van der Waals surface area contributed by atoms with Crippen LogP contribution < -0.4 is 16.4 Å². The van der Waals surface area contributed by atoms with Gasteiger partial charge < -0.3 is 31.1 Å². The van der Waals surface area contributed by atoms with E-state index in [0.717, 1.165) is 10.5 Å². The van der Waals surface area contributed by atoms with E-state index in [2.05, 4.69) is 10.6 Å². The average molecular weight is 408 g/mol. The molecular weight excluding hydrogens is 384 g/mol. The van der Waals surface area contributed by atoms with Gasteiger partial charge in [0.05, 0.1) is 13.0 Å². The molecule has 0 fully saturated rings. The number of nitrogens with zero attached hydrogens (tertiary/aromatic N) is 1. The molecule has 1 aromatic carbocycles. The molecule has 11 heteroatoms. The second-order valence-corrected chi connectivity index (χ2v) is 6.25. The number of rotatable bonds is 10. The van der Waals surface area contributed by atoms with Gasteiger partial charge in [0.2, 0.25) is 17.7 Å². The Kier molecular flexibility index (Phi) is 9.10. The Labute approximate surface area is 167 Å². The van der Waals surface area contributed by atoms with Gasteiger partial charge in [0.15, 0.2) is 0 Å². The van der Waals surface area contributed by atoms with E-state index in [0.29, 0.717) is 0 Å². The SMILES string of the molecule is C[C@H](NC(=O)OCc1ccccc1)C(=O)N(C)CC(=O)N[C@@H](CC(N)=O)C(=O)O. The Bertz CT molecular complexity index is 754. The summed E-state index contributed by atoms with van der Waals surface area (Å²) in [5, 5.41) is 13.4. The van der Waals surface area contributed by atoms with Gasteiger partial charge in [-0.2, -0.15) is 0 Å². The van der Waals surface area contributed by atoms with Crippen LogP contribution in [0.3, 0.4) is 0 Å². The third kappa shape index (κ3) is 8.73. The van der Waals surface area contributed by atoms with Crippen LogP contribution in [0.5, 0.6) is 0 Å². The minimum absolute atomic E-state index is 0.0300. The van der Waals surface area contributed by atoms with E-state index in [1.165, 1.54) is 14.0 Å². The van der Waals surface area contributed by atoms with Crippen molar-refractivity contribution in [2.45, 2.75) is 32.0 Å². The number of hydrogen-bond acceptors (Lipinski definition) is 6. The summed E-state index contributed by atoms with van der Waals surface area (Å²) in [4.78, 5) is 58.9. The molecule has 0 heterocycles. The number of carbonyl (C=O) groups is 5. The first-order chi connectivity index (χ1) is 13.6. The Morgan fingerprint density at radius 2 is 1.76 bits per heavy atom. The summed E-state index contributed by atoms with van der Waals surface area (Å²) >= 11 is 0. The van der Waals surface area contributed by atoms with Crippen molar-refractivity contribution in [1.29, 1.82) is 0 Å². The number of likely N-dealkylation sites (N-methyl/N-ethyl adjacent to an activating group) is 1. The lowest BCUT2D eigenvalue weighted by Gasteiger charge is -2.22. The molecule has 0 aliphatic carbocycles. The fourth-order valence-electron chi connectivity index (χ4n) is 2.27. The molecule has 0 unspecified atom stereocenters. The molecule has 0 aromatic heterocycles. The first-order valence-corrected chi connectivity index (χ1v) is 8.62. The fourth-order valence-corrected chi connectivity index (χ4v) is 2.27. The Balaban J connectivity index is 2.47. The third-order valence-electron chi connectivity index (χ3n) is 3.71. The molecule has 4 amide bonds. The molecule has 0 aliphatic heterocycles. The van der Waals surface area contributed by atoms with Crippen LogP contribution in [-0.2, 0) is 30.5 Å². The molecule has 0 aliphatic rings. The number of primary amides is 1. The second kappa shape index (κ2) is 11.3. The van der Waals surface area contributed by atoms with Crippen LogP contribution in [0, 0.1) is 0 Å². The highest BCUT2D eigenvalue weighted by molar-refractivity contribution is 5.91. The van der Waals surface area contributed by atoms with Crippen LogP contribution in [0.25, 0.3) is 0 Å². The standard InChI is InChI=1S/C18H24N4O7/c1-11(20-18(28)29-10-12-6-4-3-5-7-12)16(25)22(2)9-15(24)21-13(17(26)27)8-14(19)23/h3-7,11,13H,8-10H2,1-2H3,(H2,19,23)(H,20,28)(H,21,24)(H,26,27)/t11-,13-/m0/s1. The van der Waals surface area contributed by atoms with Crippen molar-refractivity contribution in [2.24, 2.45) is 5.73 Å². The number of nitrogens with one attached hydrogen (secondary N) is 2. The molecule has 1 aromatic rings. The molecular formula is C18H24N4O7. The average Bonchev–Trinajstić information content (AvgIpc) is 2.65. The number of benzene rings is 1. The number of carboxylic acids is 1. The van der Waals surface area contributed by atoms with Crippen LogP contribution in [0.1, 0.15) is 18.9 Å². The lowest BCUT2D eigenvalue weighted by Crippen LogP contribution is -2.51. The van der Waals surface area contributed by atoms with Crippen molar-refractivity contribution in [3.8, 4) is 0 Å². The molecule has 29 heavy (non-hydrogen) atoms.